The molecule has 1 aromatic heterocycles. The number of amides is 2. The van der Waals surface area contributed by atoms with E-state index in [0.717, 1.165) is 21.9 Å². The van der Waals surface area contributed by atoms with Crippen molar-refractivity contribution in [2.24, 2.45) is 22.7 Å². The number of aromatic nitrogens is 1. The molecule has 1 N–H and O–H groups in total. The lowest BCUT2D eigenvalue weighted by Crippen LogP contribution is -2.48. The van der Waals surface area contributed by atoms with Crippen molar-refractivity contribution in [1.82, 2.24) is 14.6 Å². The highest BCUT2D eigenvalue weighted by atomic mass is 32.2. The van der Waals surface area contributed by atoms with Gasteiger partial charge < -0.3 is 14.4 Å². The molecule has 55 heavy (non-hydrogen) atoms. The Labute approximate surface area is 322 Å². The van der Waals surface area contributed by atoms with Gasteiger partial charge in [0, 0.05) is 23.8 Å². The van der Waals surface area contributed by atoms with Crippen molar-refractivity contribution in [2.75, 3.05) is 13.2 Å². The summed E-state index contributed by atoms with van der Waals surface area (Å²) in [5, 5.41) is 1.07. The van der Waals surface area contributed by atoms with Crippen molar-refractivity contribution >= 4 is 50.4 Å². The number of sulfonamides is 1. The first-order valence-electron chi connectivity index (χ1n) is 19.2. The summed E-state index contributed by atoms with van der Waals surface area (Å²) in [4.78, 5) is 62.5. The number of carbonyl (C=O) groups is 4. The molecule has 2 aliphatic carbocycles. The number of rotatable bonds is 8. The minimum absolute atomic E-state index is 0.0370. The average Bonchev–Trinajstić information content (AvgIpc) is 4.08. The van der Waals surface area contributed by atoms with Crippen molar-refractivity contribution in [1.29, 1.82) is 0 Å². The fourth-order valence-corrected chi connectivity index (χ4v) is 9.26. The van der Waals surface area contributed by atoms with E-state index in [4.69, 9.17) is 14.5 Å². The van der Waals surface area contributed by atoms with E-state index >= 15 is 0 Å². The predicted molar refractivity (Wildman–Crippen MR) is 209 cm³/mol. The van der Waals surface area contributed by atoms with Crippen molar-refractivity contribution < 1.29 is 37.1 Å². The Hall–Kier alpha value is -4.84. The number of nitrogens with zero attached hydrogens (tertiary/aromatic N) is 2. The molecule has 0 unspecified atom stereocenters. The fourth-order valence-electron chi connectivity index (χ4n) is 7.88. The first kappa shape index (κ1) is 38.4. The lowest BCUT2D eigenvalue weighted by molar-refractivity contribution is -0.153. The van der Waals surface area contributed by atoms with Crippen LogP contribution >= 0.6 is 0 Å². The van der Waals surface area contributed by atoms with Crippen LogP contribution in [0.15, 0.2) is 73.3 Å². The molecule has 2 amide bonds. The zero-order valence-corrected chi connectivity index (χ0v) is 32.5. The molecule has 0 spiro atoms. The van der Waals surface area contributed by atoms with Crippen molar-refractivity contribution in [3.05, 3.63) is 78.9 Å². The number of ketones is 1. The number of esters is 1. The van der Waals surface area contributed by atoms with E-state index in [1.54, 1.807) is 6.08 Å². The highest BCUT2D eigenvalue weighted by molar-refractivity contribution is 7.90. The maximum absolute atomic E-state index is 14.7. The predicted octanol–water partition coefficient (Wildman–Crippen LogP) is 6.41. The molecule has 2 saturated carbocycles. The fraction of sp³-hybridized carbons (Fsp3) is 0.465. The van der Waals surface area contributed by atoms with Gasteiger partial charge in [0.15, 0.2) is 5.78 Å². The van der Waals surface area contributed by atoms with Gasteiger partial charge in [0.05, 0.1) is 47.9 Å². The maximum atomic E-state index is 14.7. The molecule has 3 aromatic rings. The van der Waals surface area contributed by atoms with E-state index in [9.17, 15) is 27.6 Å². The second kappa shape index (κ2) is 15.0. The number of nitrogens with one attached hydrogen (secondary N) is 1. The van der Waals surface area contributed by atoms with Crippen LogP contribution in [0.4, 0.5) is 0 Å². The van der Waals surface area contributed by atoms with Crippen molar-refractivity contribution in [3.8, 4) is 17.1 Å². The number of benzene rings is 2. The molecule has 290 valence electrons. The van der Waals surface area contributed by atoms with Crippen LogP contribution in [-0.4, -0.2) is 72.4 Å². The summed E-state index contributed by atoms with van der Waals surface area (Å²) in [6.45, 7) is 9.71. The average molecular weight is 768 g/mol. The molecule has 4 bridgehead atoms. The van der Waals surface area contributed by atoms with Crippen LogP contribution < -0.4 is 9.46 Å². The van der Waals surface area contributed by atoms with Gasteiger partial charge in [-0.2, -0.15) is 0 Å². The standard InChI is InChI=1S/C43H49N3O8S/c1-5-30-24-43(30,41(50)45-55(51,52)32-17-18-32)25-37(47)36-22-31-26-46(36)40(49)34(42(2,3)4)23-38(48)53-19-11-7-8-12-27-15-16-29-21-35(28-13-9-6-10-14-28)44-39(54-31)33(29)20-27/h5-6,8-10,12-16,20-21,30-32,34,36H,1,7,11,17-19,22-26H2,2-4H3,(H,45,50)/b12-8+/t30-,31-,34-,36+,43-/m1/s1. The lowest BCUT2D eigenvalue weighted by atomic mass is 9.77. The van der Waals surface area contributed by atoms with Crippen LogP contribution in [0.3, 0.4) is 0 Å². The quantitative estimate of drug-likeness (QED) is 0.203. The third-order valence-electron chi connectivity index (χ3n) is 11.4. The van der Waals surface area contributed by atoms with Crippen LogP contribution in [0.2, 0.25) is 0 Å². The second-order valence-corrected chi connectivity index (χ2v) is 18.5. The monoisotopic (exact) mass is 767 g/mol. The van der Waals surface area contributed by atoms with Crippen LogP contribution in [0.5, 0.6) is 5.88 Å². The third kappa shape index (κ3) is 8.24. The molecule has 2 aliphatic heterocycles. The first-order valence-corrected chi connectivity index (χ1v) is 20.7. The Morgan fingerprint density at radius 2 is 1.85 bits per heavy atom. The number of cyclic esters (lactones) is 1. The summed E-state index contributed by atoms with van der Waals surface area (Å²) in [5.41, 5.74) is 0.573. The number of hydrogen-bond donors (Lipinski definition) is 1. The highest BCUT2D eigenvalue weighted by Crippen LogP contribution is 2.57. The van der Waals surface area contributed by atoms with Gasteiger partial charge >= 0.3 is 5.97 Å². The number of Topliss-reactive ketones (excluding diaryl/α,β-unsaturated/α-hetero) is 1. The first-order chi connectivity index (χ1) is 26.2. The summed E-state index contributed by atoms with van der Waals surface area (Å²) >= 11 is 0. The van der Waals surface area contributed by atoms with Crippen LogP contribution in [0.1, 0.15) is 77.7 Å². The molecule has 7 rings (SSSR count). The number of pyridine rings is 1. The van der Waals surface area contributed by atoms with E-state index < -0.39 is 62.0 Å². The SMILES string of the molecule is C=C[C@@H]1C[C@]1(CC(=O)[C@@H]1C[C@@H]2CN1C(=O)[C@H](C(C)(C)C)CC(=O)OCCC/C=C/c1ccc3cc(-c4ccccc4)nc(c3c1)O2)C(=O)NS(=O)(=O)C1CC1. The van der Waals surface area contributed by atoms with Gasteiger partial charge in [0.1, 0.15) is 6.10 Å². The molecule has 5 atom stereocenters. The molecule has 0 radical (unpaired) electrons. The molecule has 1 saturated heterocycles. The summed E-state index contributed by atoms with van der Waals surface area (Å²) in [6.07, 6.45) is 7.14. The number of hydrogen-bond acceptors (Lipinski definition) is 9. The number of allylic oxidation sites excluding steroid dienone is 2. The zero-order valence-electron chi connectivity index (χ0n) is 31.7. The van der Waals surface area contributed by atoms with Crippen molar-refractivity contribution in [3.63, 3.8) is 0 Å². The molecule has 3 fully saturated rings. The number of ether oxygens (including phenoxy) is 2. The topological polar surface area (TPSA) is 149 Å². The molecular weight excluding hydrogens is 719 g/mol. The smallest absolute Gasteiger partial charge is 0.306 e. The Kier molecular flexibility index (Phi) is 10.5. The molecule has 11 nitrogen and oxygen atoms in total. The minimum atomic E-state index is -3.86. The molecule has 2 aromatic carbocycles. The van der Waals surface area contributed by atoms with Gasteiger partial charge in [-0.25, -0.2) is 13.4 Å². The van der Waals surface area contributed by atoms with Crippen molar-refractivity contribution in [2.45, 2.75) is 89.5 Å². The zero-order chi connectivity index (χ0) is 39.1. The van der Waals surface area contributed by atoms with Gasteiger partial charge in [0.25, 0.3) is 0 Å². The maximum Gasteiger partial charge on any atom is 0.306 e. The third-order valence-corrected chi connectivity index (χ3v) is 13.3. The van der Waals surface area contributed by atoms with E-state index in [2.05, 4.69) is 11.3 Å². The normalized spacial score (nSPS) is 26.7. The second-order valence-electron chi connectivity index (χ2n) is 16.6. The molecular formula is C43H49N3O8S. The van der Waals surface area contributed by atoms with Crippen LogP contribution in [0.25, 0.3) is 28.1 Å². The van der Waals surface area contributed by atoms with E-state index in [0.29, 0.717) is 37.3 Å². The Morgan fingerprint density at radius 1 is 1.09 bits per heavy atom. The lowest BCUT2D eigenvalue weighted by Gasteiger charge is -2.34. The van der Waals surface area contributed by atoms with Crippen LogP contribution in [0, 0.1) is 22.7 Å². The summed E-state index contributed by atoms with van der Waals surface area (Å²) in [5.74, 6) is -2.84. The van der Waals surface area contributed by atoms with Gasteiger partial charge in [0.2, 0.25) is 27.7 Å². The van der Waals surface area contributed by atoms with E-state index in [1.807, 2.05) is 87.5 Å². The van der Waals surface area contributed by atoms with Crippen LogP contribution in [-0.2, 0) is 33.9 Å². The van der Waals surface area contributed by atoms with Gasteiger partial charge in [-0.05, 0) is 66.5 Å². The number of fused-ring (bicyclic) bond motifs is 3. The molecule has 4 aliphatic rings. The largest absolute Gasteiger partial charge is 0.472 e. The van der Waals surface area contributed by atoms with E-state index in [1.165, 1.54) is 4.90 Å². The molecule has 3 heterocycles. The van der Waals surface area contributed by atoms with E-state index in [-0.39, 0.29) is 50.5 Å². The minimum Gasteiger partial charge on any atom is -0.472 e. The highest BCUT2D eigenvalue weighted by Gasteiger charge is 2.61. The Morgan fingerprint density at radius 3 is 2.55 bits per heavy atom. The van der Waals surface area contributed by atoms with Gasteiger partial charge in [-0.3, -0.25) is 23.9 Å². The van der Waals surface area contributed by atoms with Gasteiger partial charge in [-0.15, -0.1) is 6.58 Å². The molecule has 12 heteroatoms. The summed E-state index contributed by atoms with van der Waals surface area (Å²) in [7, 11) is -3.86. The summed E-state index contributed by atoms with van der Waals surface area (Å²) < 4.78 is 40.1. The summed E-state index contributed by atoms with van der Waals surface area (Å²) in [6, 6.07) is 16.8. The number of carbonyl (C=O) groups excluding carboxylic acids is 4. The van der Waals surface area contributed by atoms with Gasteiger partial charge in [-0.1, -0.05) is 81.5 Å². The Balaban J connectivity index is 1.26. The Bertz CT molecular complexity index is 2160.